The highest BCUT2D eigenvalue weighted by atomic mass is 35.5. The van der Waals surface area contributed by atoms with Gasteiger partial charge in [-0.05, 0) is 5.56 Å². The van der Waals surface area contributed by atoms with Crippen LogP contribution in [0, 0.1) is 0 Å². The monoisotopic (exact) mass is 255 g/mol. The van der Waals surface area contributed by atoms with Crippen LogP contribution in [0.3, 0.4) is 0 Å². The van der Waals surface area contributed by atoms with Crippen LogP contribution in [-0.2, 0) is 20.9 Å². The first kappa shape index (κ1) is 13.5. The fourth-order valence-electron chi connectivity index (χ4n) is 1.19. The fourth-order valence-corrected chi connectivity index (χ4v) is 1.34. The standard InChI is InChI=1S/C12H14ClNO3/c13-9-14-11(15)6-7-12(16)17-8-10-4-2-1-3-5-10/h1-5H,6-9H2,(H,14,15). The van der Waals surface area contributed by atoms with E-state index in [0.29, 0.717) is 0 Å². The lowest BCUT2D eigenvalue weighted by atomic mass is 10.2. The van der Waals surface area contributed by atoms with Crippen molar-refractivity contribution in [3.05, 3.63) is 35.9 Å². The molecule has 17 heavy (non-hydrogen) atoms. The van der Waals surface area contributed by atoms with Gasteiger partial charge in [0.1, 0.15) is 6.61 Å². The van der Waals surface area contributed by atoms with E-state index in [1.807, 2.05) is 30.3 Å². The van der Waals surface area contributed by atoms with E-state index in [2.05, 4.69) is 5.32 Å². The summed E-state index contributed by atoms with van der Waals surface area (Å²) in [6, 6.07) is 9.43. The topological polar surface area (TPSA) is 55.4 Å². The van der Waals surface area contributed by atoms with Gasteiger partial charge in [0, 0.05) is 6.42 Å². The van der Waals surface area contributed by atoms with E-state index in [-0.39, 0.29) is 31.4 Å². The van der Waals surface area contributed by atoms with Crippen molar-refractivity contribution < 1.29 is 14.3 Å². The summed E-state index contributed by atoms with van der Waals surface area (Å²) in [7, 11) is 0. The van der Waals surface area contributed by atoms with Crippen LogP contribution in [0.25, 0.3) is 0 Å². The van der Waals surface area contributed by atoms with E-state index in [1.165, 1.54) is 0 Å². The number of alkyl halides is 1. The minimum absolute atomic E-state index is 0.0535. The summed E-state index contributed by atoms with van der Waals surface area (Å²) in [6.07, 6.45) is 0.163. The number of hydrogen-bond donors (Lipinski definition) is 1. The first-order valence-corrected chi connectivity index (χ1v) is 5.78. The zero-order valence-electron chi connectivity index (χ0n) is 9.32. The van der Waals surface area contributed by atoms with Gasteiger partial charge in [-0.3, -0.25) is 9.59 Å². The van der Waals surface area contributed by atoms with Crippen LogP contribution in [0.1, 0.15) is 18.4 Å². The quantitative estimate of drug-likeness (QED) is 0.479. The Labute approximate surface area is 105 Å². The summed E-state index contributed by atoms with van der Waals surface area (Å²) in [5.41, 5.74) is 0.922. The Morgan fingerprint density at radius 2 is 1.88 bits per heavy atom. The average molecular weight is 256 g/mol. The fraction of sp³-hybridized carbons (Fsp3) is 0.333. The summed E-state index contributed by atoms with van der Waals surface area (Å²) in [5.74, 6) is -0.643. The second-order valence-corrected chi connectivity index (χ2v) is 3.65. The molecule has 0 unspecified atom stereocenters. The van der Waals surface area contributed by atoms with E-state index in [1.54, 1.807) is 0 Å². The van der Waals surface area contributed by atoms with Crippen molar-refractivity contribution in [1.82, 2.24) is 5.32 Å². The highest BCUT2D eigenvalue weighted by Gasteiger charge is 2.07. The number of carbonyl (C=O) groups excluding carboxylic acids is 2. The first-order chi connectivity index (χ1) is 8.22. The average Bonchev–Trinajstić information content (AvgIpc) is 2.35. The normalized spacial score (nSPS) is 9.71. The van der Waals surface area contributed by atoms with Crippen LogP contribution in [0.5, 0.6) is 0 Å². The molecule has 1 aromatic rings. The van der Waals surface area contributed by atoms with Crippen molar-refractivity contribution in [3.63, 3.8) is 0 Å². The number of halogens is 1. The van der Waals surface area contributed by atoms with Gasteiger partial charge >= 0.3 is 5.97 Å². The minimum Gasteiger partial charge on any atom is -0.461 e. The SMILES string of the molecule is O=C(CCC(=O)OCc1ccccc1)NCCl. The van der Waals surface area contributed by atoms with E-state index >= 15 is 0 Å². The lowest BCUT2D eigenvalue weighted by molar-refractivity contribution is -0.146. The molecule has 0 atom stereocenters. The molecule has 0 aromatic heterocycles. The lowest BCUT2D eigenvalue weighted by Gasteiger charge is -2.04. The van der Waals surface area contributed by atoms with E-state index < -0.39 is 5.97 Å². The highest BCUT2D eigenvalue weighted by molar-refractivity contribution is 6.18. The molecule has 0 spiro atoms. The molecule has 5 heteroatoms. The largest absolute Gasteiger partial charge is 0.461 e. The smallest absolute Gasteiger partial charge is 0.306 e. The van der Waals surface area contributed by atoms with Crippen molar-refractivity contribution in [2.75, 3.05) is 6.00 Å². The summed E-state index contributed by atoms with van der Waals surface area (Å²) in [6.45, 7) is 0.233. The number of amides is 1. The molecule has 0 radical (unpaired) electrons. The minimum atomic E-state index is -0.390. The molecule has 0 fully saturated rings. The maximum absolute atomic E-state index is 11.3. The third-order valence-corrected chi connectivity index (χ3v) is 2.20. The molecule has 1 aromatic carbocycles. The van der Waals surface area contributed by atoms with Crippen molar-refractivity contribution in [1.29, 1.82) is 0 Å². The van der Waals surface area contributed by atoms with E-state index in [0.717, 1.165) is 5.56 Å². The highest BCUT2D eigenvalue weighted by Crippen LogP contribution is 2.02. The summed E-state index contributed by atoms with van der Waals surface area (Å²) < 4.78 is 5.00. The number of nitrogens with one attached hydrogen (secondary N) is 1. The van der Waals surface area contributed by atoms with Gasteiger partial charge in [-0.1, -0.05) is 30.3 Å². The van der Waals surface area contributed by atoms with Crippen LogP contribution in [0.4, 0.5) is 0 Å². The maximum atomic E-state index is 11.3. The molecule has 0 saturated heterocycles. The van der Waals surface area contributed by atoms with Gasteiger partial charge < -0.3 is 10.1 Å². The van der Waals surface area contributed by atoms with Gasteiger partial charge in [0.25, 0.3) is 0 Å². The Balaban J connectivity index is 2.20. The third kappa shape index (κ3) is 5.92. The molecule has 0 bridgehead atoms. The molecule has 0 aliphatic heterocycles. The second-order valence-electron chi connectivity index (χ2n) is 3.38. The number of carbonyl (C=O) groups is 2. The Kier molecular flexibility index (Phi) is 6.10. The predicted octanol–water partition coefficient (Wildman–Crippen LogP) is 1.82. The molecular formula is C12H14ClNO3. The van der Waals surface area contributed by atoms with Crippen LogP contribution < -0.4 is 5.32 Å². The van der Waals surface area contributed by atoms with Gasteiger partial charge in [-0.15, -0.1) is 11.6 Å². The molecule has 0 aliphatic carbocycles. The zero-order valence-corrected chi connectivity index (χ0v) is 10.1. The van der Waals surface area contributed by atoms with Crippen LogP contribution in [0.15, 0.2) is 30.3 Å². The van der Waals surface area contributed by atoms with Crippen molar-refractivity contribution in [2.24, 2.45) is 0 Å². The lowest BCUT2D eigenvalue weighted by Crippen LogP contribution is -2.22. The van der Waals surface area contributed by atoms with Gasteiger partial charge in [-0.25, -0.2) is 0 Å². The van der Waals surface area contributed by atoms with Crippen molar-refractivity contribution in [2.45, 2.75) is 19.4 Å². The Hall–Kier alpha value is -1.55. The second kappa shape index (κ2) is 7.68. The maximum Gasteiger partial charge on any atom is 0.306 e. The number of rotatable bonds is 6. The Bertz CT molecular complexity index is 367. The zero-order chi connectivity index (χ0) is 12.5. The molecule has 1 amide bonds. The first-order valence-electron chi connectivity index (χ1n) is 5.24. The van der Waals surface area contributed by atoms with Crippen molar-refractivity contribution in [3.8, 4) is 0 Å². The molecule has 1 N–H and O–H groups in total. The van der Waals surface area contributed by atoms with E-state index in [9.17, 15) is 9.59 Å². The van der Waals surface area contributed by atoms with Crippen LogP contribution in [-0.4, -0.2) is 17.9 Å². The van der Waals surface area contributed by atoms with Crippen LogP contribution in [0.2, 0.25) is 0 Å². The summed E-state index contributed by atoms with van der Waals surface area (Å²) in [5, 5.41) is 2.39. The Morgan fingerprint density at radius 1 is 1.18 bits per heavy atom. The number of ether oxygens (including phenoxy) is 1. The van der Waals surface area contributed by atoms with Crippen molar-refractivity contribution >= 4 is 23.5 Å². The molecule has 1 rings (SSSR count). The van der Waals surface area contributed by atoms with Crippen LogP contribution >= 0.6 is 11.6 Å². The van der Waals surface area contributed by atoms with Gasteiger partial charge in [0.2, 0.25) is 5.91 Å². The predicted molar refractivity (Wildman–Crippen MR) is 64.3 cm³/mol. The van der Waals surface area contributed by atoms with Gasteiger partial charge in [0.15, 0.2) is 0 Å². The third-order valence-electron chi connectivity index (χ3n) is 2.06. The Morgan fingerprint density at radius 3 is 2.53 bits per heavy atom. The number of benzene rings is 1. The van der Waals surface area contributed by atoms with Gasteiger partial charge in [-0.2, -0.15) is 0 Å². The molecular weight excluding hydrogens is 242 g/mol. The molecule has 4 nitrogen and oxygen atoms in total. The van der Waals surface area contributed by atoms with Gasteiger partial charge in [0.05, 0.1) is 12.4 Å². The molecule has 0 saturated carbocycles. The number of esters is 1. The summed E-state index contributed by atoms with van der Waals surface area (Å²) >= 11 is 5.30. The molecule has 92 valence electrons. The molecule has 0 heterocycles. The van der Waals surface area contributed by atoms with E-state index in [4.69, 9.17) is 16.3 Å². The number of hydrogen-bond acceptors (Lipinski definition) is 3. The summed E-state index contributed by atoms with van der Waals surface area (Å²) in [4.78, 5) is 22.3. The molecule has 0 aliphatic rings.